The topological polar surface area (TPSA) is 36.3 Å². The molecule has 1 fully saturated rings. The predicted octanol–water partition coefficient (Wildman–Crippen LogP) is 1.40. The molecule has 0 aromatic heterocycles. The Hall–Kier alpha value is -0.590. The van der Waals surface area contributed by atoms with Crippen molar-refractivity contribution in [1.82, 2.24) is 4.90 Å². The van der Waals surface area contributed by atoms with Crippen molar-refractivity contribution in [3.05, 3.63) is 0 Å². The highest BCUT2D eigenvalue weighted by Crippen LogP contribution is 2.22. The Balaban J connectivity index is 2.60. The summed E-state index contributed by atoms with van der Waals surface area (Å²) in [6.45, 7) is 8.94. The number of hydrogen-bond acceptors (Lipinski definition) is 3. The highest BCUT2D eigenvalue weighted by atomic mass is 16.5. The van der Waals surface area contributed by atoms with Crippen LogP contribution in [0.3, 0.4) is 0 Å². The van der Waals surface area contributed by atoms with Gasteiger partial charge in [-0.1, -0.05) is 0 Å². The van der Waals surface area contributed by atoms with Crippen LogP contribution in [0.2, 0.25) is 0 Å². The third-order valence-electron chi connectivity index (χ3n) is 2.63. The molecule has 13 heavy (non-hydrogen) atoms. The van der Waals surface area contributed by atoms with Gasteiger partial charge in [0.2, 0.25) is 0 Å². The van der Waals surface area contributed by atoms with Gasteiger partial charge in [0.25, 0.3) is 0 Å². The molecule has 0 radical (unpaired) electrons. The van der Waals surface area contributed by atoms with Crippen LogP contribution in [0.5, 0.6) is 0 Å². The number of nitriles is 1. The molecule has 1 rings (SSSR count). The second kappa shape index (κ2) is 4.08. The quantitative estimate of drug-likeness (QED) is 0.647. The molecular weight excluding hydrogens is 164 g/mol. The minimum atomic E-state index is 0.0779. The zero-order valence-corrected chi connectivity index (χ0v) is 8.71. The molecule has 3 nitrogen and oxygen atoms in total. The van der Waals surface area contributed by atoms with E-state index in [1.807, 2.05) is 0 Å². The summed E-state index contributed by atoms with van der Waals surface area (Å²) < 4.78 is 5.42. The number of hydrogen-bond donors (Lipinski definition) is 0. The van der Waals surface area contributed by atoms with E-state index in [1.165, 1.54) is 0 Å². The van der Waals surface area contributed by atoms with E-state index >= 15 is 0 Å². The minimum absolute atomic E-state index is 0.0779. The number of rotatable bonds is 2. The average molecular weight is 182 g/mol. The van der Waals surface area contributed by atoms with Gasteiger partial charge in [0.05, 0.1) is 25.7 Å². The minimum Gasteiger partial charge on any atom is -0.378 e. The van der Waals surface area contributed by atoms with Crippen LogP contribution in [0.25, 0.3) is 0 Å². The summed E-state index contributed by atoms with van der Waals surface area (Å²) >= 11 is 0. The number of morpholine rings is 1. The first-order valence-corrected chi connectivity index (χ1v) is 4.79. The van der Waals surface area contributed by atoms with Crippen molar-refractivity contribution in [2.24, 2.45) is 0 Å². The highest BCUT2D eigenvalue weighted by molar-refractivity contribution is 4.90. The standard InChI is InChI=1S/C10H18N2O/c1-9(4-5-11)12-6-7-13-8-10(12,2)3/h9H,4,6-8H2,1-3H3. The van der Waals surface area contributed by atoms with Crippen LogP contribution >= 0.6 is 0 Å². The molecule has 3 heteroatoms. The second-order valence-electron chi connectivity index (χ2n) is 4.27. The third kappa shape index (κ3) is 2.43. The van der Waals surface area contributed by atoms with Crippen LogP contribution in [0, 0.1) is 11.3 Å². The van der Waals surface area contributed by atoms with Crippen LogP contribution in [0.1, 0.15) is 27.2 Å². The first-order valence-electron chi connectivity index (χ1n) is 4.79. The molecule has 0 aromatic carbocycles. The van der Waals surface area contributed by atoms with Gasteiger partial charge in [0, 0.05) is 18.1 Å². The maximum atomic E-state index is 8.63. The van der Waals surface area contributed by atoms with Gasteiger partial charge in [-0.2, -0.15) is 5.26 Å². The lowest BCUT2D eigenvalue weighted by Crippen LogP contribution is -2.56. The van der Waals surface area contributed by atoms with E-state index in [0.717, 1.165) is 19.8 Å². The normalized spacial score (nSPS) is 25.1. The SMILES string of the molecule is CC(CC#N)N1CCOCC1(C)C. The lowest BCUT2D eigenvalue weighted by molar-refractivity contribution is -0.0677. The summed E-state index contributed by atoms with van der Waals surface area (Å²) in [4.78, 5) is 2.36. The molecule has 1 aliphatic rings. The molecule has 1 aliphatic heterocycles. The Kier molecular flexibility index (Phi) is 3.29. The number of ether oxygens (including phenoxy) is 1. The van der Waals surface area contributed by atoms with Crippen molar-refractivity contribution in [2.45, 2.75) is 38.8 Å². The van der Waals surface area contributed by atoms with Gasteiger partial charge in [-0.15, -0.1) is 0 Å². The molecular formula is C10H18N2O. The fourth-order valence-electron chi connectivity index (χ4n) is 1.93. The molecule has 0 aliphatic carbocycles. The van der Waals surface area contributed by atoms with E-state index in [9.17, 15) is 0 Å². The van der Waals surface area contributed by atoms with Gasteiger partial charge in [-0.05, 0) is 20.8 Å². The Bertz CT molecular complexity index is 207. The van der Waals surface area contributed by atoms with Crippen LogP contribution in [-0.2, 0) is 4.74 Å². The van der Waals surface area contributed by atoms with Gasteiger partial charge in [0.1, 0.15) is 0 Å². The fraction of sp³-hybridized carbons (Fsp3) is 0.900. The Morgan fingerprint density at radius 2 is 2.31 bits per heavy atom. The van der Waals surface area contributed by atoms with Crippen LogP contribution < -0.4 is 0 Å². The summed E-state index contributed by atoms with van der Waals surface area (Å²) in [5.41, 5.74) is 0.0779. The highest BCUT2D eigenvalue weighted by Gasteiger charge is 2.33. The molecule has 1 unspecified atom stereocenters. The van der Waals surface area contributed by atoms with Crippen molar-refractivity contribution < 1.29 is 4.74 Å². The lowest BCUT2D eigenvalue weighted by Gasteiger charge is -2.45. The molecule has 1 heterocycles. The van der Waals surface area contributed by atoms with Crippen molar-refractivity contribution in [1.29, 1.82) is 5.26 Å². The summed E-state index contributed by atoms with van der Waals surface area (Å²) in [6, 6.07) is 2.56. The molecule has 0 spiro atoms. The number of nitrogens with zero attached hydrogens (tertiary/aromatic N) is 2. The lowest BCUT2D eigenvalue weighted by atomic mass is 9.99. The van der Waals surface area contributed by atoms with Crippen molar-refractivity contribution in [3.63, 3.8) is 0 Å². The van der Waals surface area contributed by atoms with E-state index in [1.54, 1.807) is 0 Å². The first kappa shape index (κ1) is 10.5. The van der Waals surface area contributed by atoms with E-state index < -0.39 is 0 Å². The van der Waals surface area contributed by atoms with Crippen molar-refractivity contribution in [2.75, 3.05) is 19.8 Å². The van der Waals surface area contributed by atoms with E-state index in [4.69, 9.17) is 10.00 Å². The third-order valence-corrected chi connectivity index (χ3v) is 2.63. The van der Waals surface area contributed by atoms with Crippen molar-refractivity contribution in [3.8, 4) is 6.07 Å². The molecule has 0 saturated carbocycles. The Morgan fingerprint density at radius 1 is 1.62 bits per heavy atom. The van der Waals surface area contributed by atoms with Gasteiger partial charge in [-0.25, -0.2) is 0 Å². The molecule has 74 valence electrons. The van der Waals surface area contributed by atoms with Gasteiger partial charge < -0.3 is 4.74 Å². The van der Waals surface area contributed by atoms with Crippen LogP contribution in [0.15, 0.2) is 0 Å². The summed E-state index contributed by atoms with van der Waals surface area (Å²) in [5, 5.41) is 8.63. The van der Waals surface area contributed by atoms with Gasteiger partial charge in [-0.3, -0.25) is 4.90 Å². The fourth-order valence-corrected chi connectivity index (χ4v) is 1.93. The molecule has 1 saturated heterocycles. The zero-order chi connectivity index (χ0) is 9.90. The maximum absolute atomic E-state index is 8.63. The van der Waals surface area contributed by atoms with E-state index in [-0.39, 0.29) is 5.54 Å². The second-order valence-corrected chi connectivity index (χ2v) is 4.27. The predicted molar refractivity (Wildman–Crippen MR) is 51.3 cm³/mol. The van der Waals surface area contributed by atoms with Crippen molar-refractivity contribution >= 4 is 0 Å². The summed E-state index contributed by atoms with van der Waals surface area (Å²) in [7, 11) is 0. The smallest absolute Gasteiger partial charge is 0.0645 e. The monoisotopic (exact) mass is 182 g/mol. The van der Waals surface area contributed by atoms with Crippen LogP contribution in [-0.4, -0.2) is 36.2 Å². The van der Waals surface area contributed by atoms with Gasteiger partial charge in [0.15, 0.2) is 0 Å². The van der Waals surface area contributed by atoms with Gasteiger partial charge >= 0.3 is 0 Å². The molecule has 0 bridgehead atoms. The first-order chi connectivity index (χ1) is 6.08. The zero-order valence-electron chi connectivity index (χ0n) is 8.71. The van der Waals surface area contributed by atoms with Crippen LogP contribution in [0.4, 0.5) is 0 Å². The largest absolute Gasteiger partial charge is 0.378 e. The Labute approximate surface area is 80.3 Å². The Morgan fingerprint density at radius 3 is 2.85 bits per heavy atom. The average Bonchev–Trinajstić information content (AvgIpc) is 2.03. The maximum Gasteiger partial charge on any atom is 0.0645 e. The molecule has 0 N–H and O–H groups in total. The molecule has 0 aromatic rings. The summed E-state index contributed by atoms with van der Waals surface area (Å²) in [6.07, 6.45) is 0.601. The van der Waals surface area contributed by atoms with E-state index in [0.29, 0.717) is 12.5 Å². The molecule has 1 atom stereocenters. The summed E-state index contributed by atoms with van der Waals surface area (Å²) in [5.74, 6) is 0. The molecule has 0 amide bonds. The van der Waals surface area contributed by atoms with E-state index in [2.05, 4.69) is 31.7 Å².